The lowest BCUT2D eigenvalue weighted by atomic mass is 10.3. The molecule has 0 N–H and O–H groups in total. The van der Waals surface area contributed by atoms with Crippen molar-refractivity contribution in [1.82, 2.24) is 9.78 Å². The standard InChI is InChI=1S/C11H17N3O3/c1-13(2)9-7-10(15)14(12-8-9)6-4-5-11(16)17-3/h7-8H,4-6H2,1-3H3. The van der Waals surface area contributed by atoms with Crippen LogP contribution in [0.4, 0.5) is 5.69 Å². The highest BCUT2D eigenvalue weighted by Gasteiger charge is 2.04. The van der Waals surface area contributed by atoms with Crippen LogP contribution in [0, 0.1) is 0 Å². The number of anilines is 1. The van der Waals surface area contributed by atoms with Gasteiger partial charge >= 0.3 is 5.97 Å². The van der Waals surface area contributed by atoms with Gasteiger partial charge in [-0.05, 0) is 6.42 Å². The summed E-state index contributed by atoms with van der Waals surface area (Å²) in [5.74, 6) is -0.275. The van der Waals surface area contributed by atoms with Gasteiger partial charge in [-0.25, -0.2) is 4.68 Å². The van der Waals surface area contributed by atoms with E-state index in [0.29, 0.717) is 19.4 Å². The molecule has 6 nitrogen and oxygen atoms in total. The third-order valence-electron chi connectivity index (χ3n) is 2.35. The molecule has 0 saturated carbocycles. The summed E-state index contributed by atoms with van der Waals surface area (Å²) in [5, 5.41) is 4.03. The first-order valence-electron chi connectivity index (χ1n) is 5.36. The van der Waals surface area contributed by atoms with Gasteiger partial charge in [0.05, 0.1) is 19.0 Å². The predicted molar refractivity (Wildman–Crippen MR) is 64.1 cm³/mol. The van der Waals surface area contributed by atoms with Crippen LogP contribution < -0.4 is 10.5 Å². The van der Waals surface area contributed by atoms with Crippen LogP contribution in [0.2, 0.25) is 0 Å². The molecule has 0 fully saturated rings. The van der Waals surface area contributed by atoms with E-state index in [1.165, 1.54) is 17.9 Å². The quantitative estimate of drug-likeness (QED) is 0.690. The lowest BCUT2D eigenvalue weighted by Crippen LogP contribution is -2.24. The Kier molecular flexibility index (Phi) is 4.68. The molecular formula is C11H17N3O3. The van der Waals surface area contributed by atoms with E-state index in [0.717, 1.165) is 5.69 Å². The zero-order valence-electron chi connectivity index (χ0n) is 10.3. The first-order chi connectivity index (χ1) is 8.04. The molecule has 0 aromatic carbocycles. The fraction of sp³-hybridized carbons (Fsp3) is 0.545. The number of carbonyl (C=O) groups is 1. The van der Waals surface area contributed by atoms with Crippen molar-refractivity contribution >= 4 is 11.7 Å². The number of aryl methyl sites for hydroxylation is 1. The van der Waals surface area contributed by atoms with Crippen molar-refractivity contribution in [3.05, 3.63) is 22.6 Å². The van der Waals surface area contributed by atoms with Crippen LogP contribution in [0.25, 0.3) is 0 Å². The Morgan fingerprint density at radius 1 is 1.53 bits per heavy atom. The van der Waals surface area contributed by atoms with Crippen LogP contribution >= 0.6 is 0 Å². The highest BCUT2D eigenvalue weighted by molar-refractivity contribution is 5.68. The maximum Gasteiger partial charge on any atom is 0.305 e. The molecular weight excluding hydrogens is 222 g/mol. The van der Waals surface area contributed by atoms with Crippen molar-refractivity contribution < 1.29 is 9.53 Å². The Morgan fingerprint density at radius 3 is 2.76 bits per heavy atom. The molecule has 0 aliphatic carbocycles. The van der Waals surface area contributed by atoms with Crippen LogP contribution in [-0.4, -0.2) is 37.0 Å². The van der Waals surface area contributed by atoms with Crippen molar-refractivity contribution in [2.24, 2.45) is 0 Å². The van der Waals surface area contributed by atoms with Gasteiger partial charge in [-0.3, -0.25) is 9.59 Å². The second-order valence-electron chi connectivity index (χ2n) is 3.85. The second kappa shape index (κ2) is 6.03. The number of esters is 1. The minimum absolute atomic E-state index is 0.166. The number of nitrogens with zero attached hydrogens (tertiary/aromatic N) is 3. The number of hydrogen-bond acceptors (Lipinski definition) is 5. The average molecular weight is 239 g/mol. The Balaban J connectivity index is 2.61. The van der Waals surface area contributed by atoms with Crippen molar-refractivity contribution in [2.75, 3.05) is 26.1 Å². The summed E-state index contributed by atoms with van der Waals surface area (Å²) in [6.07, 6.45) is 2.46. The number of carbonyl (C=O) groups excluding carboxylic acids is 1. The number of ether oxygens (including phenoxy) is 1. The summed E-state index contributed by atoms with van der Waals surface area (Å²) in [4.78, 5) is 24.4. The fourth-order valence-electron chi connectivity index (χ4n) is 1.31. The summed E-state index contributed by atoms with van der Waals surface area (Å²) < 4.78 is 5.86. The van der Waals surface area contributed by atoms with E-state index in [4.69, 9.17) is 0 Å². The topological polar surface area (TPSA) is 64.4 Å². The molecule has 0 bridgehead atoms. The number of aromatic nitrogens is 2. The molecule has 0 unspecified atom stereocenters. The Morgan fingerprint density at radius 2 is 2.24 bits per heavy atom. The van der Waals surface area contributed by atoms with Crippen molar-refractivity contribution in [3.63, 3.8) is 0 Å². The van der Waals surface area contributed by atoms with Crippen molar-refractivity contribution in [2.45, 2.75) is 19.4 Å². The van der Waals surface area contributed by atoms with E-state index in [1.54, 1.807) is 6.20 Å². The van der Waals surface area contributed by atoms with Gasteiger partial charge in [0.1, 0.15) is 0 Å². The molecule has 1 rings (SSSR count). The van der Waals surface area contributed by atoms with Crippen LogP contribution in [0.5, 0.6) is 0 Å². The third-order valence-corrected chi connectivity index (χ3v) is 2.35. The van der Waals surface area contributed by atoms with Gasteiger partial charge in [0.15, 0.2) is 0 Å². The Bertz CT molecular complexity index is 440. The van der Waals surface area contributed by atoms with E-state index < -0.39 is 0 Å². The van der Waals surface area contributed by atoms with E-state index >= 15 is 0 Å². The first kappa shape index (κ1) is 13.2. The van der Waals surface area contributed by atoms with Crippen LogP contribution in [0.15, 0.2) is 17.1 Å². The molecule has 1 aromatic heterocycles. The Hall–Kier alpha value is -1.85. The first-order valence-corrected chi connectivity index (χ1v) is 5.36. The van der Waals surface area contributed by atoms with Gasteiger partial charge in [0.25, 0.3) is 5.56 Å². The molecule has 0 amide bonds. The normalized spacial score (nSPS) is 10.1. The lowest BCUT2D eigenvalue weighted by Gasteiger charge is -2.12. The second-order valence-corrected chi connectivity index (χ2v) is 3.85. The van der Waals surface area contributed by atoms with E-state index in [1.807, 2.05) is 19.0 Å². The molecule has 17 heavy (non-hydrogen) atoms. The highest BCUT2D eigenvalue weighted by Crippen LogP contribution is 2.03. The number of hydrogen-bond donors (Lipinski definition) is 0. The van der Waals surface area contributed by atoms with E-state index in [2.05, 4.69) is 9.84 Å². The third kappa shape index (κ3) is 3.90. The summed E-state index contributed by atoms with van der Waals surface area (Å²) >= 11 is 0. The van der Waals surface area contributed by atoms with Gasteiger partial charge in [0.2, 0.25) is 0 Å². The van der Waals surface area contributed by atoms with E-state index in [-0.39, 0.29) is 11.5 Å². The summed E-state index contributed by atoms with van der Waals surface area (Å²) in [5.41, 5.74) is 0.597. The molecule has 1 heterocycles. The SMILES string of the molecule is COC(=O)CCCn1ncc(N(C)C)cc1=O. The van der Waals surface area contributed by atoms with Gasteiger partial charge in [-0.2, -0.15) is 5.10 Å². The van der Waals surface area contributed by atoms with Crippen LogP contribution in [0.1, 0.15) is 12.8 Å². The number of methoxy groups -OCH3 is 1. The van der Waals surface area contributed by atoms with Crippen LogP contribution in [0.3, 0.4) is 0 Å². The number of rotatable bonds is 5. The van der Waals surface area contributed by atoms with Crippen LogP contribution in [-0.2, 0) is 16.1 Å². The lowest BCUT2D eigenvalue weighted by molar-refractivity contribution is -0.140. The summed E-state index contributed by atoms with van der Waals surface area (Å²) in [7, 11) is 5.04. The molecule has 0 atom stereocenters. The van der Waals surface area contributed by atoms with Gasteiger partial charge in [-0.15, -0.1) is 0 Å². The van der Waals surface area contributed by atoms with Crippen molar-refractivity contribution in [3.8, 4) is 0 Å². The van der Waals surface area contributed by atoms with Crippen molar-refractivity contribution in [1.29, 1.82) is 0 Å². The van der Waals surface area contributed by atoms with Gasteiger partial charge in [-0.1, -0.05) is 0 Å². The molecule has 0 aliphatic rings. The zero-order valence-corrected chi connectivity index (χ0v) is 10.3. The molecule has 0 spiro atoms. The molecule has 0 saturated heterocycles. The molecule has 0 radical (unpaired) electrons. The maximum atomic E-state index is 11.6. The van der Waals surface area contributed by atoms with Gasteiger partial charge < -0.3 is 9.64 Å². The zero-order chi connectivity index (χ0) is 12.8. The molecule has 6 heteroatoms. The van der Waals surface area contributed by atoms with Gasteiger partial charge in [0, 0.05) is 33.1 Å². The summed E-state index contributed by atoms with van der Waals surface area (Å²) in [6.45, 7) is 0.418. The molecule has 0 aliphatic heterocycles. The largest absolute Gasteiger partial charge is 0.469 e. The predicted octanol–water partition coefficient (Wildman–Crippen LogP) is 0.263. The monoisotopic (exact) mass is 239 g/mol. The molecule has 1 aromatic rings. The average Bonchev–Trinajstić information content (AvgIpc) is 2.30. The molecule has 94 valence electrons. The maximum absolute atomic E-state index is 11.6. The smallest absolute Gasteiger partial charge is 0.305 e. The Labute approximate surface area is 99.8 Å². The summed E-state index contributed by atoms with van der Waals surface area (Å²) in [6, 6.07) is 1.52. The highest BCUT2D eigenvalue weighted by atomic mass is 16.5. The van der Waals surface area contributed by atoms with E-state index in [9.17, 15) is 9.59 Å². The minimum atomic E-state index is -0.275. The fourth-order valence-corrected chi connectivity index (χ4v) is 1.31. The minimum Gasteiger partial charge on any atom is -0.469 e.